The van der Waals surface area contributed by atoms with Gasteiger partial charge in [0.25, 0.3) is 0 Å². The van der Waals surface area contributed by atoms with Gasteiger partial charge in [-0.3, -0.25) is 0 Å². The van der Waals surface area contributed by atoms with Crippen LogP contribution in [-0.4, -0.2) is 26.4 Å². The molecule has 2 rings (SSSR count). The van der Waals surface area contributed by atoms with Gasteiger partial charge in [-0.25, -0.2) is 4.79 Å². The summed E-state index contributed by atoms with van der Waals surface area (Å²) in [6.07, 6.45) is 0. The number of thioether (sulfide) groups is 1. The number of carbonyl (C=O) groups is 1. The van der Waals surface area contributed by atoms with Gasteiger partial charge in [-0.2, -0.15) is 18.2 Å². The zero-order valence-corrected chi connectivity index (χ0v) is 15.5. The molecule has 0 saturated heterocycles. The molecule has 0 aliphatic rings. The molecule has 25 heavy (non-hydrogen) atoms. The minimum Gasteiger partial charge on any atom is -0.464 e. The molecule has 0 bridgehead atoms. The third kappa shape index (κ3) is 5.86. The van der Waals surface area contributed by atoms with E-state index < -0.39 is 21.5 Å². The number of rotatable bonds is 8. The Morgan fingerprint density at radius 2 is 1.76 bits per heavy atom. The first-order valence-corrected chi connectivity index (χ1v) is 9.85. The van der Waals surface area contributed by atoms with Crippen molar-refractivity contribution in [2.45, 2.75) is 29.0 Å². The molecule has 1 unspecified atom stereocenters. The van der Waals surface area contributed by atoms with Crippen molar-refractivity contribution in [3.05, 3.63) is 60.2 Å². The van der Waals surface area contributed by atoms with Gasteiger partial charge in [-0.15, -0.1) is 0 Å². The fourth-order valence-electron chi connectivity index (χ4n) is 1.83. The second-order valence-electron chi connectivity index (χ2n) is 5.03. The van der Waals surface area contributed by atoms with E-state index in [0.29, 0.717) is 0 Å². The molecule has 1 atom stereocenters. The van der Waals surface area contributed by atoms with Crippen molar-refractivity contribution in [3.8, 4) is 0 Å². The summed E-state index contributed by atoms with van der Waals surface area (Å²) in [5, 5.41) is -1.03. The lowest BCUT2D eigenvalue weighted by Crippen LogP contribution is -2.37. The lowest BCUT2D eigenvalue weighted by atomic mass is 10.2. The van der Waals surface area contributed by atoms with Gasteiger partial charge in [0.2, 0.25) is 0 Å². The van der Waals surface area contributed by atoms with Gasteiger partial charge in [0.1, 0.15) is 0 Å². The predicted molar refractivity (Wildman–Crippen MR) is 95.3 cm³/mol. The van der Waals surface area contributed by atoms with Crippen LogP contribution < -0.4 is 5.48 Å². The van der Waals surface area contributed by atoms with E-state index in [1.807, 2.05) is 25.1 Å². The third-order valence-corrected chi connectivity index (χ3v) is 5.31. The smallest absolute Gasteiger partial charge is 0.336 e. The second kappa shape index (κ2) is 9.00. The van der Waals surface area contributed by atoms with Crippen LogP contribution in [0, 0.1) is 6.92 Å². The monoisotopic (exact) mass is 381 g/mol. The summed E-state index contributed by atoms with van der Waals surface area (Å²) < 4.78 is 34.3. The Balaban J connectivity index is 2.10. The van der Waals surface area contributed by atoms with E-state index in [1.165, 1.54) is 12.1 Å². The van der Waals surface area contributed by atoms with E-state index in [9.17, 15) is 13.2 Å². The number of hydroxylamine groups is 1. The molecule has 0 aliphatic heterocycles. The van der Waals surface area contributed by atoms with Gasteiger partial charge in [0.05, 0.1) is 11.5 Å². The summed E-state index contributed by atoms with van der Waals surface area (Å²) in [4.78, 5) is 12.8. The molecular weight excluding hydrogens is 362 g/mol. The van der Waals surface area contributed by atoms with Crippen LogP contribution in [0.15, 0.2) is 64.4 Å². The fraction of sp³-hybridized carbons (Fsp3) is 0.235. The van der Waals surface area contributed by atoms with Crippen molar-refractivity contribution in [3.63, 3.8) is 0 Å². The molecule has 1 N–H and O–H groups in total. The molecular formula is C17H19NO5S2. The lowest BCUT2D eigenvalue weighted by molar-refractivity contribution is -0.144. The Morgan fingerprint density at radius 3 is 2.36 bits per heavy atom. The summed E-state index contributed by atoms with van der Waals surface area (Å²) in [6, 6.07) is 15.3. The number of hydrogen-bond acceptors (Lipinski definition) is 7. The van der Waals surface area contributed by atoms with E-state index in [2.05, 4.69) is 5.48 Å². The summed E-state index contributed by atoms with van der Waals surface area (Å²) in [7, 11) is -4.05. The van der Waals surface area contributed by atoms with Crippen molar-refractivity contribution in [2.75, 3.05) is 6.61 Å². The fourth-order valence-corrected chi connectivity index (χ4v) is 3.53. The maximum Gasteiger partial charge on any atom is 0.336 e. The van der Waals surface area contributed by atoms with Crippen LogP contribution >= 0.6 is 11.8 Å². The van der Waals surface area contributed by atoms with E-state index in [1.54, 1.807) is 31.2 Å². The third-order valence-electron chi connectivity index (χ3n) is 3.07. The highest BCUT2D eigenvalue weighted by molar-refractivity contribution is 8.00. The van der Waals surface area contributed by atoms with Gasteiger partial charge in [-0.05, 0) is 38.1 Å². The Labute approximate surface area is 151 Å². The van der Waals surface area contributed by atoms with E-state index >= 15 is 0 Å². The molecule has 134 valence electrons. The zero-order chi connectivity index (χ0) is 18.3. The van der Waals surface area contributed by atoms with Gasteiger partial charge in [0, 0.05) is 4.90 Å². The molecule has 2 aromatic carbocycles. The molecule has 0 aliphatic carbocycles. The number of ether oxygens (including phenoxy) is 1. The number of nitrogens with one attached hydrogen (secondary N) is 1. The number of esters is 1. The quantitative estimate of drug-likeness (QED) is 0.326. The average molecular weight is 381 g/mol. The molecule has 0 saturated carbocycles. The van der Waals surface area contributed by atoms with Crippen LogP contribution in [0.1, 0.15) is 12.5 Å². The minimum absolute atomic E-state index is 0.00193. The number of carbonyl (C=O) groups excluding carboxylic acids is 1. The lowest BCUT2D eigenvalue weighted by Gasteiger charge is -2.16. The Hall–Kier alpha value is -1.87. The average Bonchev–Trinajstić information content (AvgIpc) is 2.60. The highest BCUT2D eigenvalue weighted by atomic mass is 32.2. The summed E-state index contributed by atoms with van der Waals surface area (Å²) in [5.41, 5.74) is 3.23. The van der Waals surface area contributed by atoms with Crippen molar-refractivity contribution < 1.29 is 22.2 Å². The van der Waals surface area contributed by atoms with Crippen LogP contribution in [-0.2, 0) is 23.9 Å². The normalized spacial score (nSPS) is 12.6. The number of hydrogen-bond donors (Lipinski definition) is 1. The van der Waals surface area contributed by atoms with E-state index in [4.69, 9.17) is 9.02 Å². The first-order chi connectivity index (χ1) is 11.9. The van der Waals surface area contributed by atoms with Gasteiger partial charge < -0.3 is 4.74 Å². The first kappa shape index (κ1) is 19.5. The highest BCUT2D eigenvalue weighted by Gasteiger charge is 2.25. The van der Waals surface area contributed by atoms with Gasteiger partial charge in [0.15, 0.2) is 5.37 Å². The maximum absolute atomic E-state index is 12.2. The molecule has 0 radical (unpaired) electrons. The van der Waals surface area contributed by atoms with E-state index in [0.717, 1.165) is 22.2 Å². The molecule has 0 spiro atoms. The number of benzene rings is 2. The van der Waals surface area contributed by atoms with Crippen LogP contribution in [0.3, 0.4) is 0 Å². The van der Waals surface area contributed by atoms with Crippen LogP contribution in [0.25, 0.3) is 0 Å². The standard InChI is InChI=1S/C17H19NO5S2/c1-3-22-17(19)16(24-14-7-5-4-6-8-14)18-23-25(20,21)15-11-9-13(2)10-12-15/h4-12,16,18H,3H2,1-2H3. The predicted octanol–water partition coefficient (Wildman–Crippen LogP) is 2.89. The molecule has 0 fully saturated rings. The highest BCUT2D eigenvalue weighted by Crippen LogP contribution is 2.23. The van der Waals surface area contributed by atoms with E-state index in [-0.39, 0.29) is 11.5 Å². The van der Waals surface area contributed by atoms with Crippen molar-refractivity contribution in [1.82, 2.24) is 5.48 Å². The maximum atomic E-state index is 12.2. The van der Waals surface area contributed by atoms with Crippen molar-refractivity contribution >= 4 is 27.8 Å². The summed E-state index contributed by atoms with van der Waals surface area (Å²) in [6.45, 7) is 3.70. The SMILES string of the molecule is CCOC(=O)C(NOS(=O)(=O)c1ccc(C)cc1)Sc1ccccc1. The van der Waals surface area contributed by atoms with Crippen molar-refractivity contribution in [1.29, 1.82) is 0 Å². The number of aryl methyl sites for hydroxylation is 1. The van der Waals surface area contributed by atoms with Crippen LogP contribution in [0.4, 0.5) is 0 Å². The molecule has 6 nitrogen and oxygen atoms in total. The van der Waals surface area contributed by atoms with Crippen molar-refractivity contribution in [2.24, 2.45) is 0 Å². The molecule has 0 heterocycles. The Kier molecular flexibility index (Phi) is 7.01. The molecule has 8 heteroatoms. The molecule has 0 aromatic heterocycles. The Bertz CT molecular complexity index is 792. The zero-order valence-electron chi connectivity index (χ0n) is 13.8. The molecule has 0 amide bonds. The minimum atomic E-state index is -4.05. The summed E-state index contributed by atoms with van der Waals surface area (Å²) in [5.74, 6) is -0.615. The second-order valence-corrected chi connectivity index (χ2v) is 7.76. The topological polar surface area (TPSA) is 81.7 Å². The van der Waals surface area contributed by atoms with Gasteiger partial charge >= 0.3 is 16.1 Å². The molecule has 2 aromatic rings. The Morgan fingerprint density at radius 1 is 1.12 bits per heavy atom. The first-order valence-electron chi connectivity index (χ1n) is 7.56. The van der Waals surface area contributed by atoms with Crippen LogP contribution in [0.2, 0.25) is 0 Å². The summed E-state index contributed by atoms with van der Waals surface area (Å²) >= 11 is 1.10. The largest absolute Gasteiger partial charge is 0.464 e. The van der Waals surface area contributed by atoms with Gasteiger partial charge in [-0.1, -0.05) is 47.7 Å². The van der Waals surface area contributed by atoms with Crippen LogP contribution in [0.5, 0.6) is 0 Å².